The molecule has 1 aliphatic rings. The number of carbonyl (C=O) groups is 2. The Kier molecular flexibility index (Phi) is 8.74. The molecule has 1 aliphatic heterocycles. The van der Waals surface area contributed by atoms with Crippen molar-refractivity contribution in [2.75, 3.05) is 25.0 Å². The van der Waals surface area contributed by atoms with Gasteiger partial charge in [-0.1, -0.05) is 13.0 Å². The van der Waals surface area contributed by atoms with Crippen molar-refractivity contribution in [2.45, 2.75) is 38.8 Å². The molecule has 0 saturated carbocycles. The number of hydrogen-bond acceptors (Lipinski definition) is 4. The average molecular weight is 356 g/mol. The molecule has 2 amide bonds. The fraction of sp³-hybridized carbons (Fsp3) is 0.529. The number of amides is 2. The first-order chi connectivity index (χ1) is 11.1. The molecule has 0 aromatic heterocycles. The topological polar surface area (TPSA) is 79.5 Å². The second-order valence-corrected chi connectivity index (χ2v) is 5.74. The molecule has 1 unspecified atom stereocenters. The zero-order valence-electron chi connectivity index (χ0n) is 14.1. The molecule has 0 aliphatic carbocycles. The molecule has 2 rings (SSSR count). The predicted octanol–water partition coefficient (Wildman–Crippen LogP) is 1.95. The van der Waals surface area contributed by atoms with Crippen LogP contribution in [0.5, 0.6) is 0 Å². The molecule has 6 nitrogen and oxygen atoms in total. The fourth-order valence-corrected chi connectivity index (χ4v) is 2.51. The first-order valence-corrected chi connectivity index (χ1v) is 8.14. The van der Waals surface area contributed by atoms with E-state index in [0.717, 1.165) is 19.4 Å². The standard InChI is InChI=1S/C17H25N3O3.ClH/c1-3-18-12(2)11-19-16(21)13-6-4-7-14(10-13)20-17(22)15-8-5-9-23-15;/h4,6-7,10,12,15,18H,3,5,8-9,11H2,1-2H3,(H,19,21)(H,20,22);1H/t12-,15?;/m1./s1. The molecular weight excluding hydrogens is 330 g/mol. The third kappa shape index (κ3) is 6.11. The largest absolute Gasteiger partial charge is 0.368 e. The van der Waals surface area contributed by atoms with Crippen molar-refractivity contribution in [3.63, 3.8) is 0 Å². The van der Waals surface area contributed by atoms with Gasteiger partial charge >= 0.3 is 0 Å². The molecular formula is C17H26ClN3O3. The molecule has 1 heterocycles. The van der Waals surface area contributed by atoms with Crippen molar-refractivity contribution in [2.24, 2.45) is 0 Å². The Labute approximate surface area is 149 Å². The molecule has 1 aromatic rings. The summed E-state index contributed by atoms with van der Waals surface area (Å²) in [6, 6.07) is 7.15. The Bertz CT molecular complexity index is 548. The molecule has 3 N–H and O–H groups in total. The van der Waals surface area contributed by atoms with E-state index in [2.05, 4.69) is 16.0 Å². The second-order valence-electron chi connectivity index (χ2n) is 5.74. The Balaban J connectivity index is 0.00000288. The van der Waals surface area contributed by atoms with E-state index >= 15 is 0 Å². The first-order valence-electron chi connectivity index (χ1n) is 8.14. The van der Waals surface area contributed by atoms with E-state index in [1.165, 1.54) is 0 Å². The molecule has 134 valence electrons. The van der Waals surface area contributed by atoms with Gasteiger partial charge in [-0.3, -0.25) is 9.59 Å². The van der Waals surface area contributed by atoms with Crippen LogP contribution in [0.3, 0.4) is 0 Å². The summed E-state index contributed by atoms with van der Waals surface area (Å²) >= 11 is 0. The summed E-state index contributed by atoms with van der Waals surface area (Å²) in [6.07, 6.45) is 1.27. The van der Waals surface area contributed by atoms with Gasteiger partial charge in [-0.25, -0.2) is 0 Å². The van der Waals surface area contributed by atoms with Crippen molar-refractivity contribution in [3.05, 3.63) is 29.8 Å². The number of carbonyl (C=O) groups excluding carboxylic acids is 2. The predicted molar refractivity (Wildman–Crippen MR) is 96.8 cm³/mol. The molecule has 0 bridgehead atoms. The van der Waals surface area contributed by atoms with Gasteiger partial charge in [-0.15, -0.1) is 12.4 Å². The lowest BCUT2D eigenvalue weighted by atomic mass is 10.1. The highest BCUT2D eigenvalue weighted by Crippen LogP contribution is 2.16. The number of benzene rings is 1. The summed E-state index contributed by atoms with van der Waals surface area (Å²) < 4.78 is 5.35. The van der Waals surface area contributed by atoms with Crippen molar-refractivity contribution >= 4 is 29.9 Å². The number of anilines is 1. The maximum absolute atomic E-state index is 12.2. The maximum Gasteiger partial charge on any atom is 0.253 e. The Hall–Kier alpha value is -1.63. The third-order valence-corrected chi connectivity index (χ3v) is 3.74. The fourth-order valence-electron chi connectivity index (χ4n) is 2.51. The second kappa shape index (κ2) is 10.3. The van der Waals surface area contributed by atoms with E-state index in [4.69, 9.17) is 4.74 Å². The lowest BCUT2D eigenvalue weighted by Crippen LogP contribution is -2.38. The summed E-state index contributed by atoms with van der Waals surface area (Å²) in [5, 5.41) is 8.92. The van der Waals surface area contributed by atoms with E-state index in [1.54, 1.807) is 24.3 Å². The minimum absolute atomic E-state index is 0. The summed E-state index contributed by atoms with van der Waals surface area (Å²) in [5.74, 6) is -0.302. The maximum atomic E-state index is 12.2. The average Bonchev–Trinajstić information content (AvgIpc) is 3.08. The minimum Gasteiger partial charge on any atom is -0.368 e. The van der Waals surface area contributed by atoms with Crippen LogP contribution in [0.25, 0.3) is 0 Å². The normalized spacial score (nSPS) is 17.7. The van der Waals surface area contributed by atoms with E-state index in [1.807, 2.05) is 13.8 Å². The minimum atomic E-state index is -0.381. The molecule has 7 heteroatoms. The molecule has 1 fully saturated rings. The summed E-state index contributed by atoms with van der Waals surface area (Å²) in [5.41, 5.74) is 1.14. The molecule has 24 heavy (non-hydrogen) atoms. The number of halogens is 1. The van der Waals surface area contributed by atoms with Crippen molar-refractivity contribution in [1.29, 1.82) is 0 Å². The molecule has 0 radical (unpaired) electrons. The first kappa shape index (κ1) is 20.4. The Morgan fingerprint density at radius 3 is 2.83 bits per heavy atom. The molecule has 1 saturated heterocycles. The van der Waals surface area contributed by atoms with Crippen molar-refractivity contribution in [1.82, 2.24) is 10.6 Å². The molecule has 2 atom stereocenters. The quantitative estimate of drug-likeness (QED) is 0.698. The smallest absolute Gasteiger partial charge is 0.253 e. The van der Waals surface area contributed by atoms with Gasteiger partial charge < -0.3 is 20.7 Å². The Morgan fingerprint density at radius 2 is 2.17 bits per heavy atom. The number of rotatable bonds is 7. The third-order valence-electron chi connectivity index (χ3n) is 3.74. The lowest BCUT2D eigenvalue weighted by molar-refractivity contribution is -0.124. The van der Waals surface area contributed by atoms with Gasteiger partial charge in [-0.2, -0.15) is 0 Å². The van der Waals surface area contributed by atoms with E-state index in [-0.39, 0.29) is 36.4 Å². The number of nitrogens with one attached hydrogen (secondary N) is 3. The summed E-state index contributed by atoms with van der Waals surface area (Å²) in [6.45, 7) is 6.09. The van der Waals surface area contributed by atoms with Crippen LogP contribution in [0.1, 0.15) is 37.0 Å². The van der Waals surface area contributed by atoms with Crippen LogP contribution in [-0.4, -0.2) is 43.7 Å². The highest BCUT2D eigenvalue weighted by atomic mass is 35.5. The van der Waals surface area contributed by atoms with Gasteiger partial charge in [0.1, 0.15) is 6.10 Å². The highest BCUT2D eigenvalue weighted by Gasteiger charge is 2.23. The van der Waals surface area contributed by atoms with Crippen LogP contribution >= 0.6 is 12.4 Å². The van der Waals surface area contributed by atoms with Gasteiger partial charge in [0.15, 0.2) is 0 Å². The van der Waals surface area contributed by atoms with Crippen molar-refractivity contribution < 1.29 is 14.3 Å². The molecule has 0 spiro atoms. The van der Waals surface area contributed by atoms with Gasteiger partial charge in [0.2, 0.25) is 0 Å². The van der Waals surface area contributed by atoms with Crippen LogP contribution in [0.2, 0.25) is 0 Å². The SMILES string of the molecule is CCN[C@H](C)CNC(=O)c1cccc(NC(=O)C2CCCO2)c1.Cl. The van der Waals surface area contributed by atoms with Crippen LogP contribution in [-0.2, 0) is 9.53 Å². The van der Waals surface area contributed by atoms with Gasteiger partial charge in [0, 0.05) is 30.4 Å². The Morgan fingerprint density at radius 1 is 1.38 bits per heavy atom. The summed E-state index contributed by atoms with van der Waals surface area (Å²) in [4.78, 5) is 24.2. The van der Waals surface area contributed by atoms with Gasteiger partial charge in [0.05, 0.1) is 0 Å². The molecule has 1 aromatic carbocycles. The number of likely N-dealkylation sites (N-methyl/N-ethyl adjacent to an activating group) is 1. The van der Waals surface area contributed by atoms with Crippen LogP contribution < -0.4 is 16.0 Å². The monoisotopic (exact) mass is 355 g/mol. The number of hydrogen-bond donors (Lipinski definition) is 3. The highest BCUT2D eigenvalue weighted by molar-refractivity contribution is 5.98. The van der Waals surface area contributed by atoms with Crippen LogP contribution in [0.4, 0.5) is 5.69 Å². The van der Waals surface area contributed by atoms with E-state index in [0.29, 0.717) is 24.4 Å². The van der Waals surface area contributed by atoms with Crippen LogP contribution in [0.15, 0.2) is 24.3 Å². The van der Waals surface area contributed by atoms with E-state index < -0.39 is 0 Å². The lowest BCUT2D eigenvalue weighted by Gasteiger charge is -2.14. The van der Waals surface area contributed by atoms with Crippen LogP contribution in [0, 0.1) is 0 Å². The van der Waals surface area contributed by atoms with E-state index in [9.17, 15) is 9.59 Å². The number of ether oxygens (including phenoxy) is 1. The van der Waals surface area contributed by atoms with Gasteiger partial charge in [0.25, 0.3) is 11.8 Å². The summed E-state index contributed by atoms with van der Waals surface area (Å²) in [7, 11) is 0. The van der Waals surface area contributed by atoms with Gasteiger partial charge in [-0.05, 0) is 44.5 Å². The van der Waals surface area contributed by atoms with Crippen molar-refractivity contribution in [3.8, 4) is 0 Å². The zero-order valence-corrected chi connectivity index (χ0v) is 14.9. The zero-order chi connectivity index (χ0) is 16.7.